The summed E-state index contributed by atoms with van der Waals surface area (Å²) in [6.07, 6.45) is 1.19. The zero-order chi connectivity index (χ0) is 9.07. The second kappa shape index (κ2) is 5.99. The van der Waals surface area contributed by atoms with Crippen molar-refractivity contribution in [3.63, 3.8) is 0 Å². The molecule has 0 aromatic heterocycles. The van der Waals surface area contributed by atoms with E-state index in [-0.39, 0.29) is 55.2 Å². The third kappa shape index (κ3) is 6.02. The Morgan fingerprint density at radius 1 is 1.42 bits per heavy atom. The van der Waals surface area contributed by atoms with Crippen LogP contribution in [-0.4, -0.2) is 13.1 Å². The zero-order valence-corrected chi connectivity index (χ0v) is 12.7. The fraction of sp³-hybridized carbons (Fsp3) is 0.625. The number of hydrogen-bond acceptors (Lipinski definition) is 2. The summed E-state index contributed by atoms with van der Waals surface area (Å²) in [4.78, 5) is 10.7. The van der Waals surface area contributed by atoms with Crippen molar-refractivity contribution < 1.29 is 53.6 Å². The number of rotatable bonds is 1. The molecule has 4 heteroatoms. The number of esters is 1. The molecule has 0 amide bonds. The van der Waals surface area contributed by atoms with Gasteiger partial charge in [-0.15, -0.1) is 0 Å². The molecule has 0 rings (SSSR count). The van der Waals surface area contributed by atoms with Crippen molar-refractivity contribution in [2.24, 2.45) is 5.41 Å². The maximum Gasteiger partial charge on any atom is 0.328 e. The van der Waals surface area contributed by atoms with Crippen LogP contribution in [0, 0.1) is 49.5 Å². The Morgan fingerprint density at radius 3 is 2.08 bits per heavy atom. The van der Waals surface area contributed by atoms with Crippen LogP contribution in [0.2, 0.25) is 0 Å². The van der Waals surface area contributed by atoms with Crippen molar-refractivity contribution in [1.29, 1.82) is 0 Å². The summed E-state index contributed by atoms with van der Waals surface area (Å²) in [6, 6.07) is 0. The van der Waals surface area contributed by atoms with Gasteiger partial charge in [0.1, 0.15) is 0 Å². The van der Waals surface area contributed by atoms with Crippen LogP contribution in [0.15, 0.2) is 11.8 Å². The van der Waals surface area contributed by atoms with E-state index in [2.05, 4.69) is 4.74 Å². The summed E-state index contributed by atoms with van der Waals surface area (Å²) in [6.45, 7) is 5.61. The number of carbonyl (C=O) groups is 1. The Bertz CT molecular complexity index is 182. The number of nitrogens with one attached hydrogen (secondary N) is 1. The van der Waals surface area contributed by atoms with Crippen molar-refractivity contribution >= 4 is 5.97 Å². The van der Waals surface area contributed by atoms with Gasteiger partial charge in [0.05, 0.1) is 7.11 Å². The van der Waals surface area contributed by atoms with Crippen LogP contribution in [0.5, 0.6) is 0 Å². The largest absolute Gasteiger partial charge is 0.702 e. The molecule has 0 aliphatic carbocycles. The summed E-state index contributed by atoms with van der Waals surface area (Å²) in [5, 5.41) is 0. The molecule has 1 N–H and O–H groups in total. The van der Waals surface area contributed by atoms with Crippen LogP contribution < -0.4 is 0 Å². The van der Waals surface area contributed by atoms with Gasteiger partial charge in [-0.25, -0.2) is 4.79 Å². The molecule has 0 heterocycles. The van der Waals surface area contributed by atoms with Gasteiger partial charge in [0, 0.05) is 50.1 Å². The van der Waals surface area contributed by atoms with E-state index in [1.165, 1.54) is 13.2 Å². The smallest absolute Gasteiger partial charge is 0.328 e. The topological polar surface area (TPSA) is 50.1 Å². The van der Waals surface area contributed by atoms with Gasteiger partial charge in [-0.3, -0.25) is 0 Å². The Labute approximate surface area is 109 Å². The molecule has 0 saturated heterocycles. The van der Waals surface area contributed by atoms with E-state index in [1.807, 2.05) is 20.8 Å². The fourth-order valence-electron chi connectivity index (χ4n) is 0.393. The molecule has 67 valence electrons. The van der Waals surface area contributed by atoms with Gasteiger partial charge in [-0.05, 0) is 5.41 Å². The first-order valence-electron chi connectivity index (χ1n) is 3.39. The summed E-state index contributed by atoms with van der Waals surface area (Å²) < 4.78 is 4.38. The van der Waals surface area contributed by atoms with Crippen molar-refractivity contribution in [2.75, 3.05) is 7.11 Å². The second-order valence-electron chi connectivity index (χ2n) is 3.33. The van der Waals surface area contributed by atoms with Crippen LogP contribution in [0.3, 0.4) is 0 Å². The van der Waals surface area contributed by atoms with Gasteiger partial charge in [0.25, 0.3) is 0 Å². The van der Waals surface area contributed by atoms with Crippen LogP contribution in [0.25, 0.3) is 5.73 Å². The van der Waals surface area contributed by atoms with Crippen LogP contribution >= 0.6 is 0 Å². The normalized spacial score (nSPS) is 11.8. The van der Waals surface area contributed by atoms with Crippen molar-refractivity contribution in [3.8, 4) is 0 Å². The second-order valence-corrected chi connectivity index (χ2v) is 3.33. The first-order valence-corrected chi connectivity index (χ1v) is 3.39. The molecular formula is C8H14AcNO2-. The minimum absolute atomic E-state index is 0. The van der Waals surface area contributed by atoms with Crippen LogP contribution in [-0.2, 0) is 9.53 Å². The first kappa shape index (κ1) is 14.9. The molecule has 0 aromatic rings. The van der Waals surface area contributed by atoms with E-state index in [9.17, 15) is 4.79 Å². The number of methoxy groups -OCH3 is 1. The minimum atomic E-state index is -0.468. The van der Waals surface area contributed by atoms with E-state index in [0.29, 0.717) is 0 Å². The first-order chi connectivity index (χ1) is 4.88. The van der Waals surface area contributed by atoms with Gasteiger partial charge < -0.3 is 10.5 Å². The van der Waals surface area contributed by atoms with E-state index in [4.69, 9.17) is 5.73 Å². The minimum Gasteiger partial charge on any atom is -0.702 e. The number of allylic oxidation sites excluding steroid dienone is 1. The number of hydrogen-bond donors (Lipinski definition) is 0. The van der Waals surface area contributed by atoms with E-state index >= 15 is 0 Å². The molecule has 0 aromatic carbocycles. The average Bonchev–Trinajstić information content (AvgIpc) is 1.85. The fourth-order valence-corrected chi connectivity index (χ4v) is 0.393. The summed E-state index contributed by atoms with van der Waals surface area (Å²) in [7, 11) is 1.30. The standard InChI is InChI=1S/C8H15NO2.Ac/c1-8(2,3)6(9)5-7(10)11-4;/h5H,1-4H3,(H2,9,10);/p-1. The Morgan fingerprint density at radius 2 is 1.83 bits per heavy atom. The predicted molar refractivity (Wildman–Crippen MR) is 43.9 cm³/mol. The maximum atomic E-state index is 10.7. The molecule has 0 fully saturated rings. The number of ether oxygens (including phenoxy) is 1. The molecule has 0 unspecified atom stereocenters. The molecule has 0 aliphatic heterocycles. The van der Waals surface area contributed by atoms with Gasteiger partial charge in [-0.1, -0.05) is 20.8 Å². The molecule has 0 bridgehead atoms. The maximum absolute atomic E-state index is 10.7. The van der Waals surface area contributed by atoms with Gasteiger partial charge >= 0.3 is 5.97 Å². The summed E-state index contributed by atoms with van der Waals surface area (Å²) in [5.41, 5.74) is 7.42. The van der Waals surface area contributed by atoms with Crippen molar-refractivity contribution in [3.05, 3.63) is 17.5 Å². The molecule has 0 atom stereocenters. The third-order valence-corrected chi connectivity index (χ3v) is 1.27. The van der Waals surface area contributed by atoms with Gasteiger partial charge in [0.15, 0.2) is 0 Å². The molecule has 0 aliphatic rings. The van der Waals surface area contributed by atoms with Crippen molar-refractivity contribution in [2.45, 2.75) is 20.8 Å². The molecule has 1 radical (unpaired) electrons. The molecule has 0 spiro atoms. The zero-order valence-electron chi connectivity index (χ0n) is 7.97. The third-order valence-electron chi connectivity index (χ3n) is 1.27. The van der Waals surface area contributed by atoms with Crippen LogP contribution in [0.4, 0.5) is 0 Å². The summed E-state index contributed by atoms with van der Waals surface area (Å²) in [5.74, 6) is -0.468. The van der Waals surface area contributed by atoms with Crippen LogP contribution in [0.1, 0.15) is 20.8 Å². The van der Waals surface area contributed by atoms with E-state index < -0.39 is 5.97 Å². The molecule has 3 nitrogen and oxygen atoms in total. The van der Waals surface area contributed by atoms with E-state index in [1.54, 1.807) is 0 Å². The Kier molecular flexibility index (Phi) is 7.46. The Balaban J connectivity index is 0. The Hall–Kier alpha value is 0.452. The molecular weight excluding hydrogens is 369 g/mol. The average molecular weight is 383 g/mol. The quantitative estimate of drug-likeness (QED) is 0.515. The monoisotopic (exact) mass is 383 g/mol. The SMILES string of the molecule is COC(=O)/C=C(\[NH-])C(C)(C)C.[Ac]. The van der Waals surface area contributed by atoms with Crippen molar-refractivity contribution in [1.82, 2.24) is 0 Å². The number of carbonyl (C=O) groups excluding carboxylic acids is 1. The summed E-state index contributed by atoms with van der Waals surface area (Å²) >= 11 is 0. The molecule has 12 heavy (non-hydrogen) atoms. The van der Waals surface area contributed by atoms with E-state index in [0.717, 1.165) is 0 Å². The molecule has 0 saturated carbocycles. The van der Waals surface area contributed by atoms with Gasteiger partial charge in [0.2, 0.25) is 0 Å². The van der Waals surface area contributed by atoms with Gasteiger partial charge in [-0.2, -0.15) is 5.70 Å². The predicted octanol–water partition coefficient (Wildman–Crippen LogP) is 2.14.